The molecule has 0 amide bonds. The minimum absolute atomic E-state index is 0.620. The lowest BCUT2D eigenvalue weighted by Crippen LogP contribution is -2.30. The Morgan fingerprint density at radius 3 is 1.35 bits per heavy atom. The molecule has 2 aliphatic carbocycles. The van der Waals surface area contributed by atoms with E-state index in [9.17, 15) is 0 Å². The Hall–Kier alpha value is -9.90. The SMILES string of the molecule is C=c1/c(=C\C=C/C)n(-c2cc(-n3c4ccccc4c4ccc5c(c43)C(c3ccccc3)(c3ccccc3)c3ccccc3-5)nc(-c3ccccc3)n2)c2c3c(ccc12)-c1ccccc1C3(c1ccccc1)c1ccccc1. The van der Waals surface area contributed by atoms with Gasteiger partial charge in [-0.2, -0.15) is 0 Å². The van der Waals surface area contributed by atoms with Gasteiger partial charge in [-0.1, -0.05) is 261 Å². The number of rotatable bonds is 8. The van der Waals surface area contributed by atoms with Gasteiger partial charge in [0, 0.05) is 44.1 Å². The number of allylic oxidation sites excluding steroid dienone is 2. The Morgan fingerprint density at radius 2 is 0.831 bits per heavy atom. The summed E-state index contributed by atoms with van der Waals surface area (Å²) in [5.41, 5.74) is 17.3. The molecule has 2 aliphatic rings. The van der Waals surface area contributed by atoms with E-state index in [0.717, 1.165) is 60.5 Å². The van der Waals surface area contributed by atoms with E-state index >= 15 is 0 Å². The molecule has 3 heterocycles. The topological polar surface area (TPSA) is 35.6 Å². The fraction of sp³-hybridized carbons (Fsp3) is 0.0411. The third kappa shape index (κ3) is 6.21. The van der Waals surface area contributed by atoms with Gasteiger partial charge in [-0.3, -0.25) is 9.13 Å². The van der Waals surface area contributed by atoms with Crippen molar-refractivity contribution >= 4 is 45.4 Å². The monoisotopic (exact) mass is 982 g/mol. The average molecular weight is 983 g/mol. The van der Waals surface area contributed by atoms with E-state index in [1.165, 1.54) is 66.8 Å². The molecule has 0 aliphatic heterocycles. The maximum Gasteiger partial charge on any atom is 0.163 e. The predicted molar refractivity (Wildman–Crippen MR) is 317 cm³/mol. The second-order valence-electron chi connectivity index (χ2n) is 20.3. The van der Waals surface area contributed by atoms with Crippen molar-refractivity contribution < 1.29 is 0 Å². The summed E-state index contributed by atoms with van der Waals surface area (Å²) in [6.07, 6.45) is 6.41. The van der Waals surface area contributed by atoms with Gasteiger partial charge in [-0.25, -0.2) is 9.97 Å². The van der Waals surface area contributed by atoms with E-state index in [1.54, 1.807) is 0 Å². The van der Waals surface area contributed by atoms with E-state index < -0.39 is 10.8 Å². The third-order valence-electron chi connectivity index (χ3n) is 16.6. The van der Waals surface area contributed by atoms with Crippen molar-refractivity contribution in [3.63, 3.8) is 0 Å². The molecule has 4 nitrogen and oxygen atoms in total. The van der Waals surface area contributed by atoms with Gasteiger partial charge in [0.15, 0.2) is 5.82 Å². The zero-order valence-electron chi connectivity index (χ0n) is 42.5. The standard InChI is InChI=1S/C73H50N4/c1-3-4-41-63-48(2)54-43-44-58-55-36-20-23-39-61(55)72(50-28-12-6-13-29-50,51-30-14-7-15-31-51)67(58)69(54)76(63)65-47-66(75-71(74-65)49-26-10-5-11-27-49)77-64-42-25-22-38-57(64)60-46-45-59-56-37-21-24-40-62(56)73(68(59)70(60)77,52-32-16-8-17-33-52)53-34-18-9-19-35-53/h3-47H,2H2,1H3/b4-3-,63-41+. The molecular weight excluding hydrogens is 933 g/mol. The summed E-state index contributed by atoms with van der Waals surface area (Å²) in [5.74, 6) is 2.12. The van der Waals surface area contributed by atoms with Crippen molar-refractivity contribution in [2.75, 3.05) is 0 Å². The molecule has 0 radical (unpaired) electrons. The molecule has 13 aromatic rings. The fourth-order valence-electron chi connectivity index (χ4n) is 13.6. The van der Waals surface area contributed by atoms with E-state index in [0.29, 0.717) is 5.82 Å². The molecule has 0 N–H and O–H groups in total. The quantitative estimate of drug-likeness (QED) is 0.152. The van der Waals surface area contributed by atoms with Gasteiger partial charge >= 0.3 is 0 Å². The fourth-order valence-corrected chi connectivity index (χ4v) is 13.6. The minimum atomic E-state index is -0.701. The molecule has 4 heteroatoms. The number of hydrogen-bond acceptors (Lipinski definition) is 2. The van der Waals surface area contributed by atoms with Crippen molar-refractivity contribution in [3.05, 3.63) is 322 Å². The Labute approximate surface area is 447 Å². The van der Waals surface area contributed by atoms with Crippen LogP contribution in [0.5, 0.6) is 0 Å². The van der Waals surface area contributed by atoms with Crippen molar-refractivity contribution in [3.8, 4) is 45.3 Å². The molecule has 0 bridgehead atoms. The molecule has 362 valence electrons. The Bertz CT molecular complexity index is 4550. The Balaban J connectivity index is 1.13. The van der Waals surface area contributed by atoms with Gasteiger partial charge in [0.1, 0.15) is 11.6 Å². The minimum Gasteiger partial charge on any atom is -0.293 e. The van der Waals surface area contributed by atoms with Crippen molar-refractivity contribution in [2.24, 2.45) is 0 Å². The second kappa shape index (κ2) is 17.3. The van der Waals surface area contributed by atoms with E-state index in [1.807, 2.05) is 0 Å². The van der Waals surface area contributed by atoms with Crippen molar-refractivity contribution in [2.45, 2.75) is 17.8 Å². The maximum atomic E-state index is 5.75. The Kier molecular flexibility index (Phi) is 10.0. The summed E-state index contributed by atoms with van der Waals surface area (Å²) in [4.78, 5) is 11.5. The number of benzene rings is 10. The van der Waals surface area contributed by atoms with Crippen molar-refractivity contribution in [1.29, 1.82) is 0 Å². The van der Waals surface area contributed by atoms with Crippen LogP contribution in [0.4, 0.5) is 0 Å². The molecule has 0 saturated heterocycles. The van der Waals surface area contributed by atoms with Crippen LogP contribution in [-0.2, 0) is 10.8 Å². The number of hydrogen-bond donors (Lipinski definition) is 0. The van der Waals surface area contributed by atoms with Crippen LogP contribution in [0, 0.1) is 0 Å². The third-order valence-corrected chi connectivity index (χ3v) is 16.6. The van der Waals surface area contributed by atoms with E-state index in [2.05, 4.69) is 289 Å². The summed E-state index contributed by atoms with van der Waals surface area (Å²) in [6, 6.07) is 93.1. The van der Waals surface area contributed by atoms with E-state index in [-0.39, 0.29) is 0 Å². The molecule has 10 aromatic carbocycles. The highest BCUT2D eigenvalue weighted by Crippen LogP contribution is 2.60. The lowest BCUT2D eigenvalue weighted by atomic mass is 9.67. The lowest BCUT2D eigenvalue weighted by Gasteiger charge is -2.34. The summed E-state index contributed by atoms with van der Waals surface area (Å²) >= 11 is 0. The molecule has 0 saturated carbocycles. The lowest BCUT2D eigenvalue weighted by molar-refractivity contribution is 0.769. The predicted octanol–water partition coefficient (Wildman–Crippen LogP) is 15.7. The summed E-state index contributed by atoms with van der Waals surface area (Å²) in [5, 5.41) is 5.25. The summed E-state index contributed by atoms with van der Waals surface area (Å²) in [6.45, 7) is 7.01. The van der Waals surface area contributed by atoms with Crippen LogP contribution in [0.25, 0.3) is 90.6 Å². The van der Waals surface area contributed by atoms with Crippen LogP contribution >= 0.6 is 0 Å². The smallest absolute Gasteiger partial charge is 0.163 e. The maximum absolute atomic E-state index is 5.75. The van der Waals surface area contributed by atoms with Crippen LogP contribution in [0.3, 0.4) is 0 Å². The average Bonchev–Trinajstić information content (AvgIpc) is 4.41. The molecule has 15 rings (SSSR count). The highest BCUT2D eigenvalue weighted by molar-refractivity contribution is 6.14. The molecule has 77 heavy (non-hydrogen) atoms. The summed E-state index contributed by atoms with van der Waals surface area (Å²) in [7, 11) is 0. The molecule has 0 fully saturated rings. The van der Waals surface area contributed by atoms with Crippen LogP contribution in [0.15, 0.2) is 267 Å². The first-order chi connectivity index (χ1) is 38.1. The first kappa shape index (κ1) is 44.6. The van der Waals surface area contributed by atoms with Gasteiger partial charge < -0.3 is 0 Å². The largest absolute Gasteiger partial charge is 0.293 e. The van der Waals surface area contributed by atoms with Gasteiger partial charge in [-0.15, -0.1) is 0 Å². The van der Waals surface area contributed by atoms with Crippen LogP contribution in [0.2, 0.25) is 0 Å². The van der Waals surface area contributed by atoms with Gasteiger partial charge in [0.25, 0.3) is 0 Å². The van der Waals surface area contributed by atoms with Gasteiger partial charge in [0.05, 0.1) is 32.7 Å². The first-order valence-corrected chi connectivity index (χ1v) is 26.6. The van der Waals surface area contributed by atoms with Gasteiger partial charge in [-0.05, 0) is 74.7 Å². The van der Waals surface area contributed by atoms with Crippen LogP contribution < -0.4 is 10.6 Å². The van der Waals surface area contributed by atoms with Crippen molar-refractivity contribution in [1.82, 2.24) is 19.1 Å². The molecule has 0 atom stereocenters. The molecule has 0 spiro atoms. The number of aromatic nitrogens is 4. The zero-order valence-corrected chi connectivity index (χ0v) is 42.5. The highest BCUT2D eigenvalue weighted by Gasteiger charge is 2.50. The number of para-hydroxylation sites is 1. The number of nitrogens with zero attached hydrogens (tertiary/aromatic N) is 4. The molecule has 3 aromatic heterocycles. The molecule has 0 unspecified atom stereocenters. The first-order valence-electron chi connectivity index (χ1n) is 26.6. The van der Waals surface area contributed by atoms with Crippen LogP contribution in [0.1, 0.15) is 51.4 Å². The zero-order chi connectivity index (χ0) is 51.2. The van der Waals surface area contributed by atoms with Gasteiger partial charge in [0.2, 0.25) is 0 Å². The Morgan fingerprint density at radius 1 is 0.403 bits per heavy atom. The summed E-state index contributed by atoms with van der Waals surface area (Å²) < 4.78 is 4.84. The highest BCUT2D eigenvalue weighted by atomic mass is 15.1. The van der Waals surface area contributed by atoms with E-state index in [4.69, 9.17) is 16.5 Å². The normalized spacial score (nSPS) is 14.1. The van der Waals surface area contributed by atoms with Crippen LogP contribution in [-0.4, -0.2) is 19.1 Å². The second-order valence-corrected chi connectivity index (χ2v) is 20.3. The molecular formula is C73H50N4. The number of fused-ring (bicyclic) bond motifs is 12.